The molecule has 1 rings (SSSR count). The fraction of sp³-hybridized carbons (Fsp3) is 0.650. The van der Waals surface area contributed by atoms with Gasteiger partial charge < -0.3 is 9.47 Å². The molecule has 0 spiro atoms. The van der Waals surface area contributed by atoms with Gasteiger partial charge in [0.15, 0.2) is 0 Å². The fourth-order valence-corrected chi connectivity index (χ4v) is 2.58. The van der Waals surface area contributed by atoms with E-state index in [0.717, 1.165) is 24.3 Å². The van der Waals surface area contributed by atoms with Crippen LogP contribution < -0.4 is 4.74 Å². The Morgan fingerprint density at radius 1 is 0.913 bits per heavy atom. The summed E-state index contributed by atoms with van der Waals surface area (Å²) in [5.74, 6) is 0.610. The van der Waals surface area contributed by atoms with Crippen molar-refractivity contribution in [2.75, 3.05) is 13.2 Å². The van der Waals surface area contributed by atoms with Crippen LogP contribution in [0.4, 0.5) is 0 Å². The summed E-state index contributed by atoms with van der Waals surface area (Å²) in [6, 6.07) is 7.73. The van der Waals surface area contributed by atoms with Crippen LogP contribution in [0.25, 0.3) is 0 Å². The first-order valence-corrected chi connectivity index (χ1v) is 9.14. The smallest absolute Gasteiger partial charge is 0.310 e. The van der Waals surface area contributed by atoms with E-state index >= 15 is 0 Å². The summed E-state index contributed by atoms with van der Waals surface area (Å²) in [5, 5.41) is 0. The topological polar surface area (TPSA) is 35.5 Å². The van der Waals surface area contributed by atoms with Crippen molar-refractivity contribution in [2.24, 2.45) is 0 Å². The average molecular weight is 320 g/mol. The van der Waals surface area contributed by atoms with E-state index in [-0.39, 0.29) is 12.4 Å². The summed E-state index contributed by atoms with van der Waals surface area (Å²) in [6.07, 6.45) is 10.6. The fourth-order valence-electron chi connectivity index (χ4n) is 2.58. The van der Waals surface area contributed by atoms with Crippen LogP contribution in [-0.4, -0.2) is 19.2 Å². The van der Waals surface area contributed by atoms with E-state index in [1.165, 1.54) is 44.9 Å². The van der Waals surface area contributed by atoms with Gasteiger partial charge in [0.05, 0.1) is 19.6 Å². The van der Waals surface area contributed by atoms with Crippen molar-refractivity contribution >= 4 is 5.97 Å². The minimum Gasteiger partial charge on any atom is -0.493 e. The van der Waals surface area contributed by atoms with Gasteiger partial charge in [0.1, 0.15) is 5.75 Å². The molecule has 0 amide bonds. The molecule has 0 fully saturated rings. The molecule has 0 N–H and O–H groups in total. The predicted molar refractivity (Wildman–Crippen MR) is 94.9 cm³/mol. The van der Waals surface area contributed by atoms with Crippen LogP contribution in [0.1, 0.15) is 70.8 Å². The molecule has 0 unspecified atom stereocenters. The summed E-state index contributed by atoms with van der Waals surface area (Å²) >= 11 is 0. The van der Waals surface area contributed by atoms with Crippen LogP contribution in [0.2, 0.25) is 0 Å². The number of unbranched alkanes of at least 4 members (excludes halogenated alkanes) is 7. The second-order valence-electron chi connectivity index (χ2n) is 5.91. The van der Waals surface area contributed by atoms with Crippen LogP contribution in [0, 0.1) is 0 Å². The molecule has 23 heavy (non-hydrogen) atoms. The molecule has 0 saturated heterocycles. The van der Waals surface area contributed by atoms with E-state index in [1.54, 1.807) is 0 Å². The van der Waals surface area contributed by atoms with Crippen molar-refractivity contribution in [3.63, 3.8) is 0 Å². The Morgan fingerprint density at radius 2 is 1.57 bits per heavy atom. The Kier molecular flexibility index (Phi) is 11.0. The van der Waals surface area contributed by atoms with Crippen molar-refractivity contribution < 1.29 is 14.3 Å². The molecular weight excluding hydrogens is 288 g/mol. The zero-order valence-corrected chi connectivity index (χ0v) is 14.8. The first kappa shape index (κ1) is 19.5. The Morgan fingerprint density at radius 3 is 2.26 bits per heavy atom. The quantitative estimate of drug-likeness (QED) is 0.365. The van der Waals surface area contributed by atoms with Gasteiger partial charge in [-0.25, -0.2) is 0 Å². The minimum absolute atomic E-state index is 0.198. The largest absolute Gasteiger partial charge is 0.493 e. The number of hydrogen-bond acceptors (Lipinski definition) is 3. The zero-order valence-electron chi connectivity index (χ0n) is 14.8. The minimum atomic E-state index is -0.198. The van der Waals surface area contributed by atoms with E-state index in [1.807, 2.05) is 31.2 Å². The van der Waals surface area contributed by atoms with Gasteiger partial charge in [-0.3, -0.25) is 4.79 Å². The Balaban J connectivity index is 2.20. The number of carbonyl (C=O) groups is 1. The van der Waals surface area contributed by atoms with Crippen molar-refractivity contribution in [3.8, 4) is 5.75 Å². The number of hydrogen-bond donors (Lipinski definition) is 0. The normalized spacial score (nSPS) is 10.5. The van der Waals surface area contributed by atoms with Crippen molar-refractivity contribution in [2.45, 2.75) is 71.6 Å². The monoisotopic (exact) mass is 320 g/mol. The highest BCUT2D eigenvalue weighted by Gasteiger charge is 2.09. The van der Waals surface area contributed by atoms with E-state index in [9.17, 15) is 4.79 Å². The summed E-state index contributed by atoms with van der Waals surface area (Å²) in [7, 11) is 0. The third-order valence-electron chi connectivity index (χ3n) is 3.87. The summed E-state index contributed by atoms with van der Waals surface area (Å²) in [4.78, 5) is 11.6. The van der Waals surface area contributed by atoms with Gasteiger partial charge in [-0.05, 0) is 19.4 Å². The standard InChI is InChI=1S/C20H32O3/c1-3-5-6-7-8-9-10-13-16-23-19-15-12-11-14-18(19)17-20(21)22-4-2/h11-12,14-15H,3-10,13,16-17H2,1-2H3. The lowest BCUT2D eigenvalue weighted by atomic mass is 10.1. The lowest BCUT2D eigenvalue weighted by molar-refractivity contribution is -0.142. The van der Waals surface area contributed by atoms with E-state index in [0.29, 0.717) is 6.61 Å². The van der Waals surface area contributed by atoms with Gasteiger partial charge in [-0.15, -0.1) is 0 Å². The highest BCUT2D eigenvalue weighted by Crippen LogP contribution is 2.19. The molecule has 130 valence electrons. The van der Waals surface area contributed by atoms with Gasteiger partial charge in [0.2, 0.25) is 0 Å². The number of carbonyl (C=O) groups excluding carboxylic acids is 1. The molecule has 0 aliphatic carbocycles. The first-order chi connectivity index (χ1) is 11.3. The lowest BCUT2D eigenvalue weighted by Crippen LogP contribution is -2.09. The van der Waals surface area contributed by atoms with Gasteiger partial charge in [-0.2, -0.15) is 0 Å². The molecule has 0 radical (unpaired) electrons. The van der Waals surface area contributed by atoms with E-state index in [2.05, 4.69) is 6.92 Å². The second-order valence-corrected chi connectivity index (χ2v) is 5.91. The molecule has 0 saturated carbocycles. The van der Waals surface area contributed by atoms with Crippen LogP contribution in [0.5, 0.6) is 5.75 Å². The molecule has 0 aromatic heterocycles. The maximum absolute atomic E-state index is 11.6. The number of para-hydroxylation sites is 1. The molecule has 0 heterocycles. The van der Waals surface area contributed by atoms with Gasteiger partial charge in [0.25, 0.3) is 0 Å². The van der Waals surface area contributed by atoms with E-state index < -0.39 is 0 Å². The SMILES string of the molecule is CCCCCCCCCCOc1ccccc1CC(=O)OCC. The summed E-state index contributed by atoms with van der Waals surface area (Å²) in [5.41, 5.74) is 0.908. The van der Waals surface area contributed by atoms with Crippen molar-refractivity contribution in [1.82, 2.24) is 0 Å². The van der Waals surface area contributed by atoms with E-state index in [4.69, 9.17) is 9.47 Å². The van der Waals surface area contributed by atoms with Crippen LogP contribution in [0.15, 0.2) is 24.3 Å². The second kappa shape index (κ2) is 13.0. The molecule has 0 aliphatic rings. The number of esters is 1. The molecule has 1 aromatic rings. The molecule has 3 nitrogen and oxygen atoms in total. The van der Waals surface area contributed by atoms with Gasteiger partial charge in [-0.1, -0.05) is 70.1 Å². The highest BCUT2D eigenvalue weighted by atomic mass is 16.5. The Hall–Kier alpha value is -1.51. The van der Waals surface area contributed by atoms with Crippen molar-refractivity contribution in [3.05, 3.63) is 29.8 Å². The molecular formula is C20H32O3. The lowest BCUT2D eigenvalue weighted by Gasteiger charge is -2.11. The zero-order chi connectivity index (χ0) is 16.8. The molecule has 1 aromatic carbocycles. The van der Waals surface area contributed by atoms with Crippen LogP contribution in [0.3, 0.4) is 0 Å². The Bertz CT molecular complexity index is 429. The van der Waals surface area contributed by atoms with Crippen LogP contribution >= 0.6 is 0 Å². The first-order valence-electron chi connectivity index (χ1n) is 9.14. The molecule has 0 aliphatic heterocycles. The number of benzene rings is 1. The maximum Gasteiger partial charge on any atom is 0.310 e. The molecule has 3 heteroatoms. The van der Waals surface area contributed by atoms with Gasteiger partial charge >= 0.3 is 5.97 Å². The summed E-state index contributed by atoms with van der Waals surface area (Å²) < 4.78 is 10.9. The third-order valence-corrected chi connectivity index (χ3v) is 3.87. The highest BCUT2D eigenvalue weighted by molar-refractivity contribution is 5.73. The maximum atomic E-state index is 11.6. The average Bonchev–Trinajstić information content (AvgIpc) is 2.55. The van der Waals surface area contributed by atoms with Crippen LogP contribution in [-0.2, 0) is 16.0 Å². The number of rotatable bonds is 13. The predicted octanol–water partition coefficient (Wildman–Crippen LogP) is 5.31. The molecule has 0 atom stereocenters. The Labute approximate surface area is 141 Å². The third kappa shape index (κ3) is 9.27. The van der Waals surface area contributed by atoms with Gasteiger partial charge in [0, 0.05) is 5.56 Å². The molecule has 0 bridgehead atoms. The number of ether oxygens (including phenoxy) is 2. The summed E-state index contributed by atoms with van der Waals surface area (Å²) in [6.45, 7) is 5.20. The van der Waals surface area contributed by atoms with Crippen molar-refractivity contribution in [1.29, 1.82) is 0 Å².